The number of halogens is 1. The number of hydrogen-bond acceptors (Lipinski definition) is 2. The second-order valence-electron chi connectivity index (χ2n) is 3.65. The zero-order valence-corrected chi connectivity index (χ0v) is 10.1. The third-order valence-electron chi connectivity index (χ3n) is 2.43. The van der Waals surface area contributed by atoms with Crippen molar-refractivity contribution in [2.45, 2.75) is 31.0 Å². The predicted molar refractivity (Wildman–Crippen MR) is 59.5 cm³/mol. The van der Waals surface area contributed by atoms with E-state index in [0.717, 1.165) is 26.3 Å². The first-order valence-corrected chi connectivity index (χ1v) is 6.18. The molecule has 1 aliphatic heterocycles. The van der Waals surface area contributed by atoms with Crippen molar-refractivity contribution in [3.05, 3.63) is 0 Å². The lowest BCUT2D eigenvalue weighted by Gasteiger charge is -2.28. The van der Waals surface area contributed by atoms with E-state index in [1.807, 2.05) is 0 Å². The minimum atomic E-state index is 0.672. The fraction of sp³-hybridized carbons (Fsp3) is 1.00. The standard InChI is InChI=1S/C10H20BrNO/c1-2-3-4-10(11)9-12-5-7-13-8-6-12/h10H,2-9H2,1H3. The van der Waals surface area contributed by atoms with Crippen molar-refractivity contribution in [1.29, 1.82) is 0 Å². The maximum absolute atomic E-state index is 5.31. The molecule has 1 fully saturated rings. The largest absolute Gasteiger partial charge is 0.379 e. The Balaban J connectivity index is 2.07. The molecule has 0 N–H and O–H groups in total. The molecule has 2 nitrogen and oxygen atoms in total. The lowest BCUT2D eigenvalue weighted by molar-refractivity contribution is 0.0381. The number of hydrogen-bond donors (Lipinski definition) is 0. The van der Waals surface area contributed by atoms with Gasteiger partial charge in [0.25, 0.3) is 0 Å². The number of alkyl halides is 1. The Hall–Kier alpha value is 0.400. The van der Waals surface area contributed by atoms with Crippen molar-refractivity contribution < 1.29 is 4.74 Å². The SMILES string of the molecule is CCCCC(Br)CN1CCOCC1. The molecule has 0 radical (unpaired) electrons. The van der Waals surface area contributed by atoms with Gasteiger partial charge in [-0.15, -0.1) is 0 Å². The van der Waals surface area contributed by atoms with Gasteiger partial charge >= 0.3 is 0 Å². The molecule has 0 amide bonds. The van der Waals surface area contributed by atoms with Gasteiger partial charge in [0.1, 0.15) is 0 Å². The van der Waals surface area contributed by atoms with Crippen LogP contribution < -0.4 is 0 Å². The quantitative estimate of drug-likeness (QED) is 0.694. The molecule has 0 aromatic carbocycles. The molecule has 13 heavy (non-hydrogen) atoms. The number of morpholine rings is 1. The number of rotatable bonds is 5. The molecule has 0 saturated carbocycles. The summed E-state index contributed by atoms with van der Waals surface area (Å²) in [6.07, 6.45) is 3.93. The summed E-state index contributed by atoms with van der Waals surface area (Å²) in [6.45, 7) is 7.46. The molecule has 1 aliphatic rings. The van der Waals surface area contributed by atoms with Gasteiger partial charge in [-0.3, -0.25) is 4.90 Å². The van der Waals surface area contributed by atoms with E-state index >= 15 is 0 Å². The lowest BCUT2D eigenvalue weighted by Crippen LogP contribution is -2.39. The zero-order chi connectivity index (χ0) is 9.52. The summed E-state index contributed by atoms with van der Waals surface area (Å²) in [5, 5.41) is 0. The van der Waals surface area contributed by atoms with Crippen molar-refractivity contribution in [2.75, 3.05) is 32.8 Å². The van der Waals surface area contributed by atoms with Crippen molar-refractivity contribution in [3.8, 4) is 0 Å². The van der Waals surface area contributed by atoms with Gasteiger partial charge in [-0.05, 0) is 6.42 Å². The minimum absolute atomic E-state index is 0.672. The molecule has 1 atom stereocenters. The van der Waals surface area contributed by atoms with E-state index in [-0.39, 0.29) is 0 Å². The highest BCUT2D eigenvalue weighted by molar-refractivity contribution is 9.09. The molecule has 1 unspecified atom stereocenters. The molecule has 0 aromatic heterocycles. The van der Waals surface area contributed by atoms with Gasteiger partial charge in [-0.2, -0.15) is 0 Å². The third kappa shape index (κ3) is 4.99. The summed E-state index contributed by atoms with van der Waals surface area (Å²) in [5.74, 6) is 0. The van der Waals surface area contributed by atoms with E-state index < -0.39 is 0 Å². The Morgan fingerprint density at radius 3 is 2.69 bits per heavy atom. The Morgan fingerprint density at radius 1 is 1.38 bits per heavy atom. The van der Waals surface area contributed by atoms with Gasteiger partial charge < -0.3 is 4.74 Å². The number of unbranched alkanes of at least 4 members (excludes halogenated alkanes) is 1. The molecule has 0 spiro atoms. The van der Waals surface area contributed by atoms with E-state index in [2.05, 4.69) is 27.8 Å². The maximum atomic E-state index is 5.31. The number of nitrogens with zero attached hydrogens (tertiary/aromatic N) is 1. The van der Waals surface area contributed by atoms with Gasteiger partial charge in [0.05, 0.1) is 13.2 Å². The van der Waals surface area contributed by atoms with Crippen LogP contribution in [0, 0.1) is 0 Å². The molecule has 1 heterocycles. The highest BCUT2D eigenvalue weighted by atomic mass is 79.9. The lowest BCUT2D eigenvalue weighted by atomic mass is 10.2. The normalized spacial score (nSPS) is 21.7. The van der Waals surface area contributed by atoms with Crippen LogP contribution in [0.5, 0.6) is 0 Å². The van der Waals surface area contributed by atoms with Gasteiger partial charge in [0.15, 0.2) is 0 Å². The van der Waals surface area contributed by atoms with E-state index in [0.29, 0.717) is 4.83 Å². The van der Waals surface area contributed by atoms with Crippen LogP contribution in [0.15, 0.2) is 0 Å². The summed E-state index contributed by atoms with van der Waals surface area (Å²) in [4.78, 5) is 3.16. The van der Waals surface area contributed by atoms with Crippen LogP contribution in [0.3, 0.4) is 0 Å². The monoisotopic (exact) mass is 249 g/mol. The highest BCUT2D eigenvalue weighted by Gasteiger charge is 2.13. The Labute approximate surface area is 89.8 Å². The van der Waals surface area contributed by atoms with Crippen LogP contribution in [0.2, 0.25) is 0 Å². The first-order chi connectivity index (χ1) is 6.33. The van der Waals surface area contributed by atoms with E-state index in [1.165, 1.54) is 25.8 Å². The van der Waals surface area contributed by atoms with Crippen LogP contribution >= 0.6 is 15.9 Å². The molecule has 78 valence electrons. The molecule has 0 aromatic rings. The zero-order valence-electron chi connectivity index (χ0n) is 8.47. The van der Waals surface area contributed by atoms with Gasteiger partial charge in [-0.1, -0.05) is 35.7 Å². The van der Waals surface area contributed by atoms with Crippen LogP contribution in [0.4, 0.5) is 0 Å². The van der Waals surface area contributed by atoms with E-state index in [9.17, 15) is 0 Å². The van der Waals surface area contributed by atoms with Crippen LogP contribution in [-0.4, -0.2) is 42.6 Å². The molecule has 3 heteroatoms. The van der Waals surface area contributed by atoms with Crippen LogP contribution in [0.25, 0.3) is 0 Å². The molecule has 1 rings (SSSR count). The second-order valence-corrected chi connectivity index (χ2v) is 4.95. The van der Waals surface area contributed by atoms with Gasteiger partial charge in [0, 0.05) is 24.5 Å². The van der Waals surface area contributed by atoms with Crippen molar-refractivity contribution >= 4 is 15.9 Å². The molecule has 0 aliphatic carbocycles. The fourth-order valence-corrected chi connectivity index (χ4v) is 2.31. The predicted octanol–water partition coefficient (Wildman–Crippen LogP) is 2.27. The molecular weight excluding hydrogens is 230 g/mol. The van der Waals surface area contributed by atoms with Gasteiger partial charge in [0.2, 0.25) is 0 Å². The van der Waals surface area contributed by atoms with Crippen LogP contribution in [-0.2, 0) is 4.74 Å². The Kier molecular flexibility index (Phi) is 6.00. The molecule has 1 saturated heterocycles. The Morgan fingerprint density at radius 2 is 2.08 bits per heavy atom. The Bertz CT molecular complexity index is 126. The minimum Gasteiger partial charge on any atom is -0.379 e. The van der Waals surface area contributed by atoms with Crippen LogP contribution in [0.1, 0.15) is 26.2 Å². The topological polar surface area (TPSA) is 12.5 Å². The summed E-state index contributed by atoms with van der Waals surface area (Å²) < 4.78 is 5.31. The average molecular weight is 250 g/mol. The summed E-state index contributed by atoms with van der Waals surface area (Å²) >= 11 is 3.73. The highest BCUT2D eigenvalue weighted by Crippen LogP contribution is 2.12. The molecule has 0 bridgehead atoms. The first-order valence-electron chi connectivity index (χ1n) is 5.27. The molecular formula is C10H20BrNO. The van der Waals surface area contributed by atoms with Crippen molar-refractivity contribution in [2.24, 2.45) is 0 Å². The fourth-order valence-electron chi connectivity index (χ4n) is 1.58. The smallest absolute Gasteiger partial charge is 0.0594 e. The average Bonchev–Trinajstić information content (AvgIpc) is 2.16. The van der Waals surface area contributed by atoms with E-state index in [4.69, 9.17) is 4.74 Å². The third-order valence-corrected chi connectivity index (χ3v) is 3.18. The number of ether oxygens (including phenoxy) is 1. The second kappa shape index (κ2) is 6.80. The maximum Gasteiger partial charge on any atom is 0.0594 e. The summed E-state index contributed by atoms with van der Waals surface area (Å²) in [7, 11) is 0. The van der Waals surface area contributed by atoms with Gasteiger partial charge in [-0.25, -0.2) is 0 Å². The summed E-state index contributed by atoms with van der Waals surface area (Å²) in [6, 6.07) is 0. The first kappa shape index (κ1) is 11.5. The van der Waals surface area contributed by atoms with Crippen molar-refractivity contribution in [3.63, 3.8) is 0 Å². The van der Waals surface area contributed by atoms with E-state index in [1.54, 1.807) is 0 Å². The van der Waals surface area contributed by atoms with Crippen molar-refractivity contribution in [1.82, 2.24) is 4.90 Å². The summed E-state index contributed by atoms with van der Waals surface area (Å²) in [5.41, 5.74) is 0.